The van der Waals surface area contributed by atoms with E-state index in [1.165, 1.54) is 38.5 Å². The predicted octanol–water partition coefficient (Wildman–Crippen LogP) is 4.26. The quantitative estimate of drug-likeness (QED) is 0.276. The molecule has 22 heavy (non-hydrogen) atoms. The van der Waals surface area contributed by atoms with Gasteiger partial charge in [0.2, 0.25) is 0 Å². The van der Waals surface area contributed by atoms with Crippen molar-refractivity contribution in [3.05, 3.63) is 0 Å². The number of nitrogens with zero attached hydrogens (tertiary/aromatic N) is 1. The van der Waals surface area contributed by atoms with Gasteiger partial charge in [-0.3, -0.25) is 4.55 Å². The van der Waals surface area contributed by atoms with Crippen molar-refractivity contribution in [2.75, 3.05) is 31.9 Å². The molecule has 0 rings (SSSR count). The molecule has 0 amide bonds. The Morgan fingerprint density at radius 2 is 1.05 bits per heavy atom. The third kappa shape index (κ3) is 11.4. The van der Waals surface area contributed by atoms with Gasteiger partial charge in [-0.05, 0) is 38.5 Å². The highest BCUT2D eigenvalue weighted by Crippen LogP contribution is 2.17. The van der Waals surface area contributed by atoms with Crippen molar-refractivity contribution in [3.63, 3.8) is 0 Å². The van der Waals surface area contributed by atoms with E-state index in [1.807, 2.05) is 0 Å². The molecule has 0 aromatic heterocycles. The van der Waals surface area contributed by atoms with Gasteiger partial charge in [-0.25, -0.2) is 0 Å². The van der Waals surface area contributed by atoms with Crippen LogP contribution in [0.1, 0.15) is 78.6 Å². The Kier molecular flexibility index (Phi) is 12.2. The van der Waals surface area contributed by atoms with Crippen LogP contribution < -0.4 is 0 Å². The third-order valence-electron chi connectivity index (χ3n) is 4.53. The molecule has 4 nitrogen and oxygen atoms in total. The van der Waals surface area contributed by atoms with Crippen LogP contribution in [0.4, 0.5) is 0 Å². The van der Waals surface area contributed by atoms with Crippen molar-refractivity contribution in [2.45, 2.75) is 78.6 Å². The zero-order chi connectivity index (χ0) is 16.9. The smallest absolute Gasteiger partial charge is 0.270 e. The highest BCUT2D eigenvalue weighted by atomic mass is 32.2. The van der Waals surface area contributed by atoms with E-state index < -0.39 is 10.1 Å². The van der Waals surface area contributed by atoms with Crippen LogP contribution in [0.2, 0.25) is 0 Å². The van der Waals surface area contributed by atoms with Crippen LogP contribution in [-0.4, -0.2) is 49.4 Å². The van der Waals surface area contributed by atoms with Crippen LogP contribution in [-0.2, 0) is 10.1 Å². The summed E-state index contributed by atoms with van der Waals surface area (Å²) < 4.78 is 32.5. The van der Waals surface area contributed by atoms with Gasteiger partial charge < -0.3 is 4.48 Å². The van der Waals surface area contributed by atoms with Gasteiger partial charge in [0.15, 0.2) is 0 Å². The molecule has 1 N–H and O–H groups in total. The van der Waals surface area contributed by atoms with Crippen molar-refractivity contribution in [1.82, 2.24) is 0 Å². The molecule has 134 valence electrons. The lowest BCUT2D eigenvalue weighted by Crippen LogP contribution is -2.52. The molecule has 0 atom stereocenters. The zero-order valence-electron chi connectivity index (χ0n) is 15.0. The van der Waals surface area contributed by atoms with Gasteiger partial charge in [0, 0.05) is 0 Å². The lowest BCUT2D eigenvalue weighted by atomic mass is 10.1. The fourth-order valence-electron chi connectivity index (χ4n) is 3.07. The molecule has 0 heterocycles. The van der Waals surface area contributed by atoms with Crippen molar-refractivity contribution in [2.24, 2.45) is 0 Å². The Morgan fingerprint density at radius 1 is 0.682 bits per heavy atom. The summed E-state index contributed by atoms with van der Waals surface area (Å²) in [5, 5.41) is 0. The molecule has 0 aromatic rings. The molecule has 0 aliphatic heterocycles. The molecule has 0 bridgehead atoms. The van der Waals surface area contributed by atoms with Crippen LogP contribution in [0.15, 0.2) is 0 Å². The molecule has 0 aliphatic rings. The van der Waals surface area contributed by atoms with Gasteiger partial charge in [0.25, 0.3) is 10.1 Å². The van der Waals surface area contributed by atoms with E-state index in [1.54, 1.807) is 0 Å². The van der Waals surface area contributed by atoms with E-state index in [0.29, 0.717) is 6.54 Å². The van der Waals surface area contributed by atoms with Crippen molar-refractivity contribution in [1.29, 1.82) is 0 Å². The predicted molar refractivity (Wildman–Crippen MR) is 94.7 cm³/mol. The molecule has 0 spiro atoms. The summed E-state index contributed by atoms with van der Waals surface area (Å²) in [7, 11) is -3.86. The van der Waals surface area contributed by atoms with E-state index in [9.17, 15) is 8.42 Å². The number of hydrogen-bond acceptors (Lipinski definition) is 2. The van der Waals surface area contributed by atoms with Crippen LogP contribution in [0, 0.1) is 0 Å². The van der Waals surface area contributed by atoms with Crippen LogP contribution in [0.5, 0.6) is 0 Å². The minimum atomic E-state index is -3.86. The summed E-state index contributed by atoms with van der Waals surface area (Å²) >= 11 is 0. The van der Waals surface area contributed by atoms with Crippen molar-refractivity contribution < 1.29 is 17.5 Å². The van der Waals surface area contributed by atoms with Crippen LogP contribution >= 0.6 is 0 Å². The monoisotopic (exact) mass is 336 g/mol. The molecule has 0 saturated heterocycles. The fourth-order valence-corrected chi connectivity index (χ4v) is 3.69. The zero-order valence-corrected chi connectivity index (χ0v) is 15.8. The van der Waals surface area contributed by atoms with Gasteiger partial charge in [0.05, 0.1) is 26.2 Å². The number of quaternary nitrogens is 1. The average Bonchev–Trinajstić information content (AvgIpc) is 2.45. The number of rotatable bonds is 15. The minimum Gasteiger partial charge on any atom is -0.323 e. The van der Waals surface area contributed by atoms with Gasteiger partial charge in [-0.1, -0.05) is 40.0 Å². The maximum atomic E-state index is 11.2. The molecule has 0 aromatic carbocycles. The Labute approximate surface area is 138 Å². The Hall–Kier alpha value is -0.130. The van der Waals surface area contributed by atoms with E-state index in [2.05, 4.69) is 20.8 Å². The lowest BCUT2D eigenvalue weighted by molar-refractivity contribution is -0.926. The largest absolute Gasteiger partial charge is 0.323 e. The first-order valence-corrected chi connectivity index (χ1v) is 10.8. The maximum Gasteiger partial charge on any atom is 0.270 e. The molecule has 0 fully saturated rings. The van der Waals surface area contributed by atoms with E-state index in [4.69, 9.17) is 4.55 Å². The molecule has 5 heteroatoms. The van der Waals surface area contributed by atoms with Gasteiger partial charge in [-0.15, -0.1) is 0 Å². The fraction of sp³-hybridized carbons (Fsp3) is 1.00. The second-order valence-corrected chi connectivity index (χ2v) is 8.22. The van der Waals surface area contributed by atoms with E-state index in [-0.39, 0.29) is 5.75 Å². The summed E-state index contributed by atoms with van der Waals surface area (Å²) in [5.74, 6) is -0.0998. The summed E-state index contributed by atoms with van der Waals surface area (Å²) in [5.41, 5.74) is 0. The normalized spacial score (nSPS) is 12.7. The SMILES string of the molecule is CCCCC[N+](CCCCC)(CCCCC)CCS(=O)(=O)O. The maximum absolute atomic E-state index is 11.2. The lowest BCUT2D eigenvalue weighted by Gasteiger charge is -2.39. The molecule has 0 saturated carbocycles. The second-order valence-electron chi connectivity index (χ2n) is 6.64. The topological polar surface area (TPSA) is 54.4 Å². The first-order valence-electron chi connectivity index (χ1n) is 9.19. The van der Waals surface area contributed by atoms with Crippen molar-refractivity contribution in [3.8, 4) is 0 Å². The second kappa shape index (κ2) is 12.3. The van der Waals surface area contributed by atoms with Gasteiger partial charge in [0.1, 0.15) is 5.75 Å². The van der Waals surface area contributed by atoms with E-state index in [0.717, 1.165) is 43.4 Å². The summed E-state index contributed by atoms with van der Waals surface area (Å²) in [6.45, 7) is 10.3. The Morgan fingerprint density at radius 3 is 1.32 bits per heavy atom. The molecule has 0 aliphatic carbocycles. The van der Waals surface area contributed by atoms with Gasteiger partial charge in [-0.2, -0.15) is 8.42 Å². The average molecular weight is 337 g/mol. The van der Waals surface area contributed by atoms with Crippen LogP contribution in [0.25, 0.3) is 0 Å². The number of unbranched alkanes of at least 4 members (excludes halogenated alkanes) is 6. The summed E-state index contributed by atoms with van der Waals surface area (Å²) in [6, 6.07) is 0. The van der Waals surface area contributed by atoms with Crippen LogP contribution in [0.3, 0.4) is 0 Å². The first-order chi connectivity index (χ1) is 10.4. The minimum absolute atomic E-state index is 0.0998. The molecular weight excluding hydrogens is 298 g/mol. The Bertz CT molecular complexity index is 328. The van der Waals surface area contributed by atoms with E-state index >= 15 is 0 Å². The third-order valence-corrected chi connectivity index (χ3v) is 5.23. The molecular formula is C17H38NO3S+. The molecule has 0 unspecified atom stereocenters. The first kappa shape index (κ1) is 21.9. The molecule has 0 radical (unpaired) electrons. The summed E-state index contributed by atoms with van der Waals surface area (Å²) in [4.78, 5) is 0. The standard InChI is InChI=1S/C17H37NO3S/c1-4-7-10-13-18(14-11-8-5-2,15-12-9-6-3)16-17-22(19,20)21/h4-17H2,1-3H3/p+1. The highest BCUT2D eigenvalue weighted by molar-refractivity contribution is 7.85. The highest BCUT2D eigenvalue weighted by Gasteiger charge is 2.28. The van der Waals surface area contributed by atoms with Gasteiger partial charge >= 0.3 is 0 Å². The van der Waals surface area contributed by atoms with Crippen molar-refractivity contribution >= 4 is 10.1 Å². The number of hydrogen-bond donors (Lipinski definition) is 1. The Balaban J connectivity index is 4.83. The summed E-state index contributed by atoms with van der Waals surface area (Å²) in [6.07, 6.45) is 10.6.